The molecule has 1 aromatic heterocycles. The van der Waals surface area contributed by atoms with Crippen molar-refractivity contribution in [1.82, 2.24) is 10.1 Å². The molecule has 3 rings (SSSR count). The highest BCUT2D eigenvalue weighted by atomic mass is 79.9. The Morgan fingerprint density at radius 2 is 1.95 bits per heavy atom. The molecule has 0 unspecified atom stereocenters. The normalized spacial score (nSPS) is 22.9. The monoisotopic (exact) mass is 335 g/mol. The summed E-state index contributed by atoms with van der Waals surface area (Å²) in [6, 6.07) is 5.64. The first kappa shape index (κ1) is 13.6. The number of anilines is 1. The van der Waals surface area contributed by atoms with E-state index in [4.69, 9.17) is 10.3 Å². The van der Waals surface area contributed by atoms with Gasteiger partial charge in [-0.1, -0.05) is 40.9 Å². The molecule has 1 saturated carbocycles. The molecule has 0 amide bonds. The van der Waals surface area contributed by atoms with Crippen molar-refractivity contribution in [3.05, 3.63) is 28.5 Å². The van der Waals surface area contributed by atoms with Crippen molar-refractivity contribution >= 4 is 21.6 Å². The molecule has 2 N–H and O–H groups in total. The van der Waals surface area contributed by atoms with Gasteiger partial charge >= 0.3 is 0 Å². The zero-order chi connectivity index (χ0) is 14.1. The number of halogens is 1. The second-order valence-corrected chi connectivity index (χ2v) is 6.60. The average Bonchev–Trinajstić information content (AvgIpc) is 2.88. The lowest BCUT2D eigenvalue weighted by Gasteiger charge is -2.23. The van der Waals surface area contributed by atoms with Gasteiger partial charge in [0.1, 0.15) is 0 Å². The molecule has 0 radical (unpaired) electrons. The molecule has 0 saturated heterocycles. The van der Waals surface area contributed by atoms with Crippen LogP contribution in [0.25, 0.3) is 11.5 Å². The summed E-state index contributed by atoms with van der Waals surface area (Å²) in [7, 11) is 0. The van der Waals surface area contributed by atoms with Crippen LogP contribution >= 0.6 is 15.9 Å². The van der Waals surface area contributed by atoms with Gasteiger partial charge in [0.15, 0.2) is 5.82 Å². The Morgan fingerprint density at radius 1 is 1.20 bits per heavy atom. The van der Waals surface area contributed by atoms with E-state index in [0.717, 1.165) is 34.6 Å². The van der Waals surface area contributed by atoms with E-state index in [2.05, 4.69) is 33.0 Å². The van der Waals surface area contributed by atoms with E-state index >= 15 is 0 Å². The van der Waals surface area contributed by atoms with Crippen LogP contribution in [0.5, 0.6) is 0 Å². The summed E-state index contributed by atoms with van der Waals surface area (Å²) in [4.78, 5) is 4.56. The van der Waals surface area contributed by atoms with Gasteiger partial charge in [0.2, 0.25) is 0 Å². The molecule has 1 fully saturated rings. The number of rotatable bonds is 2. The predicted octanol–water partition coefficient (Wildman–Crippen LogP) is 4.38. The minimum absolute atomic E-state index is 0.438. The summed E-state index contributed by atoms with van der Waals surface area (Å²) < 4.78 is 6.32. The zero-order valence-corrected chi connectivity index (χ0v) is 13.1. The van der Waals surface area contributed by atoms with Gasteiger partial charge in [-0.05, 0) is 37.0 Å². The van der Waals surface area contributed by atoms with Crippen molar-refractivity contribution in [2.24, 2.45) is 5.92 Å². The molecule has 4 nitrogen and oxygen atoms in total. The molecule has 106 valence electrons. The van der Waals surface area contributed by atoms with Gasteiger partial charge in [-0.15, -0.1) is 0 Å². The van der Waals surface area contributed by atoms with Crippen LogP contribution in [0.15, 0.2) is 27.2 Å². The van der Waals surface area contributed by atoms with Crippen LogP contribution in [-0.2, 0) is 0 Å². The van der Waals surface area contributed by atoms with E-state index in [9.17, 15) is 0 Å². The highest BCUT2D eigenvalue weighted by Gasteiger charge is 2.24. The van der Waals surface area contributed by atoms with Crippen molar-refractivity contribution in [3.63, 3.8) is 0 Å². The fourth-order valence-electron chi connectivity index (χ4n) is 2.77. The van der Waals surface area contributed by atoms with Crippen LogP contribution < -0.4 is 5.73 Å². The smallest absolute Gasteiger partial charge is 0.258 e. The largest absolute Gasteiger partial charge is 0.399 e. The minimum Gasteiger partial charge on any atom is -0.399 e. The van der Waals surface area contributed by atoms with E-state index in [1.165, 1.54) is 12.8 Å². The van der Waals surface area contributed by atoms with E-state index in [0.29, 0.717) is 17.5 Å². The number of hydrogen-bond acceptors (Lipinski definition) is 4. The first-order chi connectivity index (χ1) is 9.61. The van der Waals surface area contributed by atoms with Crippen LogP contribution in [0.1, 0.15) is 44.3 Å². The van der Waals surface area contributed by atoms with Gasteiger partial charge in [0.25, 0.3) is 5.89 Å². The first-order valence-corrected chi connectivity index (χ1v) is 7.81. The molecular weight excluding hydrogens is 318 g/mol. The minimum atomic E-state index is 0.438. The fourth-order valence-corrected chi connectivity index (χ4v) is 3.28. The Kier molecular flexibility index (Phi) is 3.78. The van der Waals surface area contributed by atoms with Gasteiger partial charge in [-0.3, -0.25) is 0 Å². The SMILES string of the molecule is CC1CCC(c2noc(-c3cc(N)cc(Br)c3)n2)CC1. The molecule has 1 aliphatic rings. The van der Waals surface area contributed by atoms with Gasteiger partial charge in [0, 0.05) is 21.6 Å². The Hall–Kier alpha value is -1.36. The van der Waals surface area contributed by atoms with Crippen LogP contribution in [0.4, 0.5) is 5.69 Å². The van der Waals surface area contributed by atoms with E-state index in [-0.39, 0.29) is 0 Å². The molecule has 2 aromatic rings. The van der Waals surface area contributed by atoms with Gasteiger partial charge in [-0.2, -0.15) is 4.98 Å². The summed E-state index contributed by atoms with van der Waals surface area (Å²) in [5.74, 6) is 2.65. The van der Waals surface area contributed by atoms with Crippen LogP contribution in [0.2, 0.25) is 0 Å². The maximum Gasteiger partial charge on any atom is 0.258 e. The van der Waals surface area contributed by atoms with E-state index in [1.54, 1.807) is 0 Å². The number of nitrogens with two attached hydrogens (primary N) is 1. The molecule has 0 aliphatic heterocycles. The lowest BCUT2D eigenvalue weighted by Crippen LogP contribution is -2.11. The Bertz CT molecular complexity index is 583. The molecule has 1 aliphatic carbocycles. The van der Waals surface area contributed by atoms with Crippen molar-refractivity contribution in [1.29, 1.82) is 0 Å². The average molecular weight is 336 g/mol. The Morgan fingerprint density at radius 3 is 2.65 bits per heavy atom. The highest BCUT2D eigenvalue weighted by molar-refractivity contribution is 9.10. The third-order valence-corrected chi connectivity index (χ3v) is 4.45. The summed E-state index contributed by atoms with van der Waals surface area (Å²) >= 11 is 3.43. The number of aromatic nitrogens is 2. The van der Waals surface area contributed by atoms with Gasteiger partial charge in [0.05, 0.1) is 0 Å². The van der Waals surface area contributed by atoms with Crippen LogP contribution in [0.3, 0.4) is 0 Å². The predicted molar refractivity (Wildman–Crippen MR) is 82.2 cm³/mol. The summed E-state index contributed by atoms with van der Waals surface area (Å²) in [6.45, 7) is 2.31. The maximum absolute atomic E-state index is 5.84. The van der Waals surface area contributed by atoms with Crippen molar-refractivity contribution in [2.75, 3.05) is 5.73 Å². The van der Waals surface area contributed by atoms with E-state index in [1.807, 2.05) is 18.2 Å². The summed E-state index contributed by atoms with van der Waals surface area (Å²) in [5, 5.41) is 4.16. The molecule has 20 heavy (non-hydrogen) atoms. The van der Waals surface area contributed by atoms with Crippen molar-refractivity contribution in [3.8, 4) is 11.5 Å². The lowest BCUT2D eigenvalue weighted by molar-refractivity contribution is 0.329. The van der Waals surface area contributed by atoms with Crippen LogP contribution in [0, 0.1) is 5.92 Å². The standard InChI is InChI=1S/C15H18BrN3O/c1-9-2-4-10(5-3-9)14-18-15(20-19-14)11-6-12(16)8-13(17)7-11/h6-10H,2-5,17H2,1H3. The molecule has 0 atom stereocenters. The second-order valence-electron chi connectivity index (χ2n) is 5.69. The third-order valence-electron chi connectivity index (χ3n) is 3.99. The molecule has 0 spiro atoms. The summed E-state index contributed by atoms with van der Waals surface area (Å²) in [6.07, 6.45) is 4.80. The molecule has 1 heterocycles. The molecule has 0 bridgehead atoms. The number of benzene rings is 1. The Labute approximate surface area is 126 Å². The topological polar surface area (TPSA) is 64.9 Å². The third kappa shape index (κ3) is 2.87. The first-order valence-electron chi connectivity index (χ1n) is 7.02. The van der Waals surface area contributed by atoms with Crippen LogP contribution in [-0.4, -0.2) is 10.1 Å². The number of nitrogens with zero attached hydrogens (tertiary/aromatic N) is 2. The lowest BCUT2D eigenvalue weighted by atomic mass is 9.83. The summed E-state index contributed by atoms with van der Waals surface area (Å²) in [5.41, 5.74) is 7.38. The van der Waals surface area contributed by atoms with Crippen molar-refractivity contribution in [2.45, 2.75) is 38.5 Å². The van der Waals surface area contributed by atoms with Gasteiger partial charge in [-0.25, -0.2) is 0 Å². The second kappa shape index (κ2) is 5.56. The van der Waals surface area contributed by atoms with Crippen molar-refractivity contribution < 1.29 is 4.52 Å². The fraction of sp³-hybridized carbons (Fsp3) is 0.467. The quantitative estimate of drug-likeness (QED) is 0.827. The highest BCUT2D eigenvalue weighted by Crippen LogP contribution is 2.35. The maximum atomic E-state index is 5.84. The number of hydrogen-bond donors (Lipinski definition) is 1. The zero-order valence-electron chi connectivity index (χ0n) is 11.5. The van der Waals surface area contributed by atoms with E-state index < -0.39 is 0 Å². The molecular formula is C15H18BrN3O. The Balaban J connectivity index is 1.83. The molecule has 5 heteroatoms. The molecule has 1 aromatic carbocycles. The number of nitrogen functional groups attached to an aromatic ring is 1. The van der Waals surface area contributed by atoms with Gasteiger partial charge < -0.3 is 10.3 Å².